The molecule has 2 rings (SSSR count). The second kappa shape index (κ2) is 6.56. The molecule has 116 valence electrons. The van der Waals surface area contributed by atoms with E-state index in [1.54, 1.807) is 12.3 Å². The number of carbonyl (C=O) groups excluding carboxylic acids is 1. The number of aromatic nitrogens is 1. The Morgan fingerprint density at radius 2 is 2.00 bits per heavy atom. The van der Waals surface area contributed by atoms with Gasteiger partial charge in [0.15, 0.2) is 0 Å². The maximum atomic E-state index is 12.2. The van der Waals surface area contributed by atoms with E-state index in [-0.39, 0.29) is 12.5 Å². The van der Waals surface area contributed by atoms with Gasteiger partial charge in [0.05, 0.1) is 12.3 Å². The molecule has 1 saturated carbocycles. The molecule has 0 saturated heterocycles. The molecule has 1 aliphatic carbocycles. The van der Waals surface area contributed by atoms with Gasteiger partial charge in [-0.2, -0.15) is 0 Å². The van der Waals surface area contributed by atoms with Gasteiger partial charge in [0, 0.05) is 28.8 Å². The maximum absolute atomic E-state index is 12.2. The fourth-order valence-electron chi connectivity index (χ4n) is 2.83. The highest BCUT2D eigenvalue weighted by molar-refractivity contribution is 5.95. The number of hydrogen-bond donors (Lipinski definition) is 2. The normalized spacial score (nSPS) is 16.8. The van der Waals surface area contributed by atoms with E-state index in [9.17, 15) is 9.90 Å². The number of rotatable bonds is 3. The Labute approximate surface area is 127 Å². The van der Waals surface area contributed by atoms with Gasteiger partial charge in [0.1, 0.15) is 0 Å². The lowest BCUT2D eigenvalue weighted by Crippen LogP contribution is -2.28. The van der Waals surface area contributed by atoms with Crippen molar-refractivity contribution in [3.8, 4) is 0 Å². The summed E-state index contributed by atoms with van der Waals surface area (Å²) in [5.41, 5.74) is 1.99. The molecule has 0 radical (unpaired) electrons. The predicted molar refractivity (Wildman–Crippen MR) is 84.1 cm³/mol. The predicted octanol–water partition coefficient (Wildman–Crippen LogP) is 3.61. The van der Waals surface area contributed by atoms with Crippen molar-refractivity contribution in [3.63, 3.8) is 0 Å². The van der Waals surface area contributed by atoms with Crippen molar-refractivity contribution in [3.05, 3.63) is 23.5 Å². The summed E-state index contributed by atoms with van der Waals surface area (Å²) in [6, 6.07) is 1.78. The highest BCUT2D eigenvalue weighted by atomic mass is 16.3. The van der Waals surface area contributed by atoms with Gasteiger partial charge in [-0.05, 0) is 18.9 Å². The van der Waals surface area contributed by atoms with E-state index in [0.717, 1.165) is 24.1 Å². The average molecular weight is 290 g/mol. The number of aliphatic hydroxyl groups is 1. The Morgan fingerprint density at radius 1 is 1.33 bits per heavy atom. The molecular weight excluding hydrogens is 264 g/mol. The molecular formula is C17H26N2O2. The molecule has 0 unspecified atom stereocenters. The number of nitrogens with zero attached hydrogens (tertiary/aromatic N) is 1. The van der Waals surface area contributed by atoms with Gasteiger partial charge in [-0.15, -0.1) is 0 Å². The molecule has 1 aromatic rings. The van der Waals surface area contributed by atoms with Gasteiger partial charge < -0.3 is 10.4 Å². The van der Waals surface area contributed by atoms with E-state index in [4.69, 9.17) is 0 Å². The third-order valence-electron chi connectivity index (χ3n) is 4.17. The van der Waals surface area contributed by atoms with Gasteiger partial charge >= 0.3 is 0 Å². The first-order chi connectivity index (χ1) is 9.93. The number of aliphatic hydroxyl groups excluding tert-OH is 1. The van der Waals surface area contributed by atoms with Crippen LogP contribution in [0.4, 0.5) is 5.69 Å². The van der Waals surface area contributed by atoms with Crippen LogP contribution in [0.15, 0.2) is 12.3 Å². The van der Waals surface area contributed by atoms with Crippen molar-refractivity contribution in [1.82, 2.24) is 4.98 Å². The zero-order chi connectivity index (χ0) is 15.5. The van der Waals surface area contributed by atoms with Crippen LogP contribution in [0.25, 0.3) is 0 Å². The van der Waals surface area contributed by atoms with Crippen LogP contribution in [0, 0.1) is 5.41 Å². The van der Waals surface area contributed by atoms with Crippen LogP contribution in [0.2, 0.25) is 0 Å². The fourth-order valence-corrected chi connectivity index (χ4v) is 2.83. The number of carbonyl (C=O) groups is 1. The van der Waals surface area contributed by atoms with Gasteiger partial charge in [-0.1, -0.05) is 40.0 Å². The SMILES string of the molecule is CC(C)(C)C(=O)Nc1ccnc(C2CCCCC2)c1CO. The van der Waals surface area contributed by atoms with Gasteiger partial charge in [-0.3, -0.25) is 9.78 Å². The van der Waals surface area contributed by atoms with E-state index in [1.165, 1.54) is 19.3 Å². The minimum Gasteiger partial charge on any atom is -0.392 e. The first kappa shape index (κ1) is 16.0. The lowest BCUT2D eigenvalue weighted by Gasteiger charge is -2.25. The first-order valence-electron chi connectivity index (χ1n) is 7.83. The highest BCUT2D eigenvalue weighted by Crippen LogP contribution is 2.35. The van der Waals surface area contributed by atoms with Crippen LogP contribution in [0.5, 0.6) is 0 Å². The van der Waals surface area contributed by atoms with Crippen LogP contribution >= 0.6 is 0 Å². The summed E-state index contributed by atoms with van der Waals surface area (Å²) in [4.78, 5) is 16.7. The number of amides is 1. The molecule has 0 aromatic carbocycles. The molecule has 4 heteroatoms. The number of pyridine rings is 1. The molecule has 1 aromatic heterocycles. The Bertz CT molecular complexity index is 500. The summed E-state index contributed by atoms with van der Waals surface area (Å²) >= 11 is 0. The zero-order valence-electron chi connectivity index (χ0n) is 13.3. The van der Waals surface area contributed by atoms with Gasteiger partial charge in [-0.25, -0.2) is 0 Å². The second-order valence-electron chi connectivity index (χ2n) is 6.92. The summed E-state index contributed by atoms with van der Waals surface area (Å²) < 4.78 is 0. The van der Waals surface area contributed by atoms with Crippen molar-refractivity contribution in [2.45, 2.75) is 65.4 Å². The minimum atomic E-state index is -0.457. The summed E-state index contributed by atoms with van der Waals surface area (Å²) in [6.45, 7) is 5.55. The lowest BCUT2D eigenvalue weighted by molar-refractivity contribution is -0.123. The number of nitrogens with one attached hydrogen (secondary N) is 1. The molecule has 0 aliphatic heterocycles. The molecule has 0 atom stereocenters. The quantitative estimate of drug-likeness (QED) is 0.894. The van der Waals surface area contributed by atoms with E-state index in [1.807, 2.05) is 20.8 Å². The number of anilines is 1. The average Bonchev–Trinajstić information content (AvgIpc) is 2.47. The van der Waals surface area contributed by atoms with Crippen LogP contribution in [-0.4, -0.2) is 16.0 Å². The van der Waals surface area contributed by atoms with Crippen molar-refractivity contribution in [2.24, 2.45) is 5.41 Å². The Morgan fingerprint density at radius 3 is 2.57 bits per heavy atom. The summed E-state index contributed by atoms with van der Waals surface area (Å²) in [5, 5.41) is 12.7. The van der Waals surface area contributed by atoms with Crippen molar-refractivity contribution < 1.29 is 9.90 Å². The van der Waals surface area contributed by atoms with Crippen LogP contribution < -0.4 is 5.32 Å². The molecule has 1 heterocycles. The minimum absolute atomic E-state index is 0.0435. The monoisotopic (exact) mass is 290 g/mol. The van der Waals surface area contributed by atoms with E-state index in [2.05, 4.69) is 10.3 Å². The third-order valence-corrected chi connectivity index (χ3v) is 4.17. The summed E-state index contributed by atoms with van der Waals surface area (Å²) in [6.07, 6.45) is 7.70. The van der Waals surface area contributed by atoms with Gasteiger partial charge in [0.25, 0.3) is 0 Å². The molecule has 2 N–H and O–H groups in total. The van der Waals surface area contributed by atoms with Crippen molar-refractivity contribution in [1.29, 1.82) is 0 Å². The van der Waals surface area contributed by atoms with E-state index in [0.29, 0.717) is 11.6 Å². The Balaban J connectivity index is 2.28. The van der Waals surface area contributed by atoms with Gasteiger partial charge in [0.2, 0.25) is 5.91 Å². The van der Waals surface area contributed by atoms with E-state index >= 15 is 0 Å². The molecule has 1 amide bonds. The van der Waals surface area contributed by atoms with E-state index < -0.39 is 5.41 Å². The standard InChI is InChI=1S/C17H26N2O2/c1-17(2,3)16(21)19-14-9-10-18-15(13(14)11-20)12-7-5-4-6-8-12/h9-10,12,20H,4-8,11H2,1-3H3,(H,18,19,21). The number of hydrogen-bond acceptors (Lipinski definition) is 3. The summed E-state index contributed by atoms with van der Waals surface area (Å²) in [5.74, 6) is 0.366. The molecule has 0 spiro atoms. The molecule has 1 fully saturated rings. The van der Waals surface area contributed by atoms with Crippen molar-refractivity contribution >= 4 is 11.6 Å². The first-order valence-corrected chi connectivity index (χ1v) is 7.83. The second-order valence-corrected chi connectivity index (χ2v) is 6.92. The van der Waals surface area contributed by atoms with Crippen molar-refractivity contribution in [2.75, 3.05) is 5.32 Å². The third kappa shape index (κ3) is 3.82. The molecule has 4 nitrogen and oxygen atoms in total. The molecule has 21 heavy (non-hydrogen) atoms. The molecule has 0 bridgehead atoms. The fraction of sp³-hybridized carbons (Fsp3) is 0.647. The van der Waals surface area contributed by atoms with Crippen LogP contribution in [0.1, 0.15) is 70.1 Å². The zero-order valence-corrected chi connectivity index (χ0v) is 13.3. The Hall–Kier alpha value is -1.42. The van der Waals surface area contributed by atoms with Crippen LogP contribution in [0.3, 0.4) is 0 Å². The highest BCUT2D eigenvalue weighted by Gasteiger charge is 2.25. The Kier molecular flexibility index (Phi) is 4.99. The summed E-state index contributed by atoms with van der Waals surface area (Å²) in [7, 11) is 0. The maximum Gasteiger partial charge on any atom is 0.229 e. The topological polar surface area (TPSA) is 62.2 Å². The lowest BCUT2D eigenvalue weighted by atomic mass is 9.84. The van der Waals surface area contributed by atoms with Crippen LogP contribution in [-0.2, 0) is 11.4 Å². The largest absolute Gasteiger partial charge is 0.392 e. The smallest absolute Gasteiger partial charge is 0.229 e. The molecule has 1 aliphatic rings.